The van der Waals surface area contributed by atoms with Crippen molar-refractivity contribution >= 4 is 17.5 Å². The van der Waals surface area contributed by atoms with Crippen LogP contribution < -0.4 is 5.32 Å². The van der Waals surface area contributed by atoms with Gasteiger partial charge in [-0.1, -0.05) is 0 Å². The molecule has 1 rings (SSSR count). The van der Waals surface area contributed by atoms with Crippen molar-refractivity contribution in [3.05, 3.63) is 33.9 Å². The molecule has 0 spiro atoms. The van der Waals surface area contributed by atoms with Gasteiger partial charge in [-0.05, 0) is 13.0 Å². The molecule has 1 aromatic rings. The molecule has 0 fully saturated rings. The van der Waals surface area contributed by atoms with Gasteiger partial charge in [-0.25, -0.2) is 4.79 Å². The second-order valence-electron chi connectivity index (χ2n) is 3.33. The van der Waals surface area contributed by atoms with Gasteiger partial charge in [0, 0.05) is 12.1 Å². The number of carbonyl (C=O) groups excluding carboxylic acids is 1. The number of rotatable bonds is 3. The highest BCUT2D eigenvalue weighted by Gasteiger charge is 2.35. The zero-order valence-electron chi connectivity index (χ0n) is 9.65. The first-order valence-electron chi connectivity index (χ1n) is 5.05. The van der Waals surface area contributed by atoms with Crippen LogP contribution in [0.1, 0.15) is 12.5 Å². The predicted molar refractivity (Wildman–Crippen MR) is 58.7 cm³/mol. The van der Waals surface area contributed by atoms with Crippen molar-refractivity contribution < 1.29 is 27.6 Å². The van der Waals surface area contributed by atoms with Crippen LogP contribution in [0.25, 0.3) is 0 Å². The zero-order chi connectivity index (χ0) is 14.6. The molecule has 6 nitrogen and oxygen atoms in total. The summed E-state index contributed by atoms with van der Waals surface area (Å²) < 4.78 is 42.6. The number of nitro groups is 1. The smallest absolute Gasteiger partial charge is 0.418 e. The van der Waals surface area contributed by atoms with Gasteiger partial charge in [0.25, 0.3) is 5.69 Å². The number of nitrogens with one attached hydrogen (secondary N) is 1. The molecular weight excluding hydrogens is 269 g/mol. The van der Waals surface area contributed by atoms with Crippen LogP contribution in [0.4, 0.5) is 29.3 Å². The standard InChI is InChI=1S/C10H9F3N2O4/c1-2-19-9(16)14-8-4-3-6(15(17)18)5-7(8)10(11,12)13/h3-5H,2H2,1H3,(H,14,16). The third-order valence-electron chi connectivity index (χ3n) is 2.03. The topological polar surface area (TPSA) is 81.5 Å². The Kier molecular flexibility index (Phi) is 4.30. The molecule has 0 saturated heterocycles. The Morgan fingerprint density at radius 2 is 2.11 bits per heavy atom. The number of anilines is 1. The third kappa shape index (κ3) is 3.83. The number of alkyl halides is 3. The summed E-state index contributed by atoms with van der Waals surface area (Å²) >= 11 is 0. The maximum atomic E-state index is 12.7. The Morgan fingerprint density at radius 3 is 2.58 bits per heavy atom. The lowest BCUT2D eigenvalue weighted by Gasteiger charge is -2.13. The van der Waals surface area contributed by atoms with Crippen LogP contribution in [0.5, 0.6) is 0 Å². The molecule has 9 heteroatoms. The number of carbonyl (C=O) groups is 1. The molecule has 0 aliphatic carbocycles. The van der Waals surface area contributed by atoms with Crippen LogP contribution in [-0.2, 0) is 10.9 Å². The van der Waals surface area contributed by atoms with Crippen LogP contribution in [0.2, 0.25) is 0 Å². The summed E-state index contributed by atoms with van der Waals surface area (Å²) in [6.07, 6.45) is -5.90. The number of benzene rings is 1. The Morgan fingerprint density at radius 1 is 1.47 bits per heavy atom. The van der Waals surface area contributed by atoms with Gasteiger partial charge in [-0.3, -0.25) is 15.4 Å². The van der Waals surface area contributed by atoms with Crippen molar-refractivity contribution in [1.82, 2.24) is 0 Å². The van der Waals surface area contributed by atoms with Gasteiger partial charge in [0.15, 0.2) is 0 Å². The quantitative estimate of drug-likeness (QED) is 0.680. The van der Waals surface area contributed by atoms with E-state index < -0.39 is 34.1 Å². The lowest BCUT2D eigenvalue weighted by atomic mass is 10.1. The van der Waals surface area contributed by atoms with Crippen molar-refractivity contribution in [3.63, 3.8) is 0 Å². The lowest BCUT2D eigenvalue weighted by molar-refractivity contribution is -0.385. The molecule has 0 radical (unpaired) electrons. The SMILES string of the molecule is CCOC(=O)Nc1ccc([N+](=O)[O-])cc1C(F)(F)F. The molecule has 0 aliphatic heterocycles. The van der Waals surface area contributed by atoms with Gasteiger partial charge in [0.05, 0.1) is 22.8 Å². The first-order valence-corrected chi connectivity index (χ1v) is 5.05. The number of amides is 1. The third-order valence-corrected chi connectivity index (χ3v) is 2.03. The molecule has 0 atom stereocenters. The molecule has 19 heavy (non-hydrogen) atoms. The largest absolute Gasteiger partial charge is 0.450 e. The van der Waals surface area contributed by atoms with Crippen molar-refractivity contribution in [2.24, 2.45) is 0 Å². The number of hydrogen-bond acceptors (Lipinski definition) is 4. The summed E-state index contributed by atoms with van der Waals surface area (Å²) in [6.45, 7) is 1.47. The molecule has 0 aliphatic rings. The molecule has 1 aromatic carbocycles. The minimum Gasteiger partial charge on any atom is -0.450 e. The molecule has 0 saturated carbocycles. The van der Waals surface area contributed by atoms with Crippen molar-refractivity contribution in [2.45, 2.75) is 13.1 Å². The first-order chi connectivity index (χ1) is 8.75. The minimum atomic E-state index is -4.83. The van der Waals surface area contributed by atoms with E-state index in [1.54, 1.807) is 0 Å². The zero-order valence-corrected chi connectivity index (χ0v) is 9.65. The highest BCUT2D eigenvalue weighted by molar-refractivity contribution is 5.86. The van der Waals surface area contributed by atoms with Crippen molar-refractivity contribution in [3.8, 4) is 0 Å². The fraction of sp³-hybridized carbons (Fsp3) is 0.300. The predicted octanol–water partition coefficient (Wildman–Crippen LogP) is 3.18. The van der Waals surface area contributed by atoms with Crippen LogP contribution in [0, 0.1) is 10.1 Å². The van der Waals surface area contributed by atoms with E-state index in [9.17, 15) is 28.1 Å². The van der Waals surface area contributed by atoms with E-state index in [2.05, 4.69) is 4.74 Å². The van der Waals surface area contributed by atoms with Crippen molar-refractivity contribution in [1.29, 1.82) is 0 Å². The molecule has 0 bridgehead atoms. The van der Waals surface area contributed by atoms with Gasteiger partial charge < -0.3 is 4.74 Å². The summed E-state index contributed by atoms with van der Waals surface area (Å²) in [7, 11) is 0. The van der Waals surface area contributed by atoms with Crippen LogP contribution in [0.3, 0.4) is 0 Å². The Labute approximate surface area is 105 Å². The maximum Gasteiger partial charge on any atom is 0.418 e. The van der Waals surface area contributed by atoms with Gasteiger partial charge in [0.2, 0.25) is 0 Å². The summed E-state index contributed by atoms with van der Waals surface area (Å²) in [4.78, 5) is 20.6. The molecule has 1 N–H and O–H groups in total. The van der Waals surface area contributed by atoms with E-state index in [0.717, 1.165) is 12.1 Å². The number of halogens is 3. The Bertz CT molecular complexity index is 502. The average molecular weight is 278 g/mol. The number of nitrogens with zero attached hydrogens (tertiary/aromatic N) is 1. The normalized spacial score (nSPS) is 10.9. The van der Waals surface area contributed by atoms with E-state index in [-0.39, 0.29) is 6.61 Å². The summed E-state index contributed by atoms with van der Waals surface area (Å²) in [5, 5.41) is 12.3. The van der Waals surface area contributed by atoms with E-state index in [1.165, 1.54) is 6.92 Å². The molecular formula is C10H9F3N2O4. The number of hydrogen-bond donors (Lipinski definition) is 1. The highest BCUT2D eigenvalue weighted by Crippen LogP contribution is 2.37. The van der Waals surface area contributed by atoms with Crippen LogP contribution >= 0.6 is 0 Å². The van der Waals surface area contributed by atoms with E-state index in [4.69, 9.17) is 0 Å². The van der Waals surface area contributed by atoms with Gasteiger partial charge in [0.1, 0.15) is 0 Å². The molecule has 104 valence electrons. The van der Waals surface area contributed by atoms with Crippen LogP contribution in [-0.4, -0.2) is 17.6 Å². The second kappa shape index (κ2) is 5.55. The fourth-order valence-electron chi connectivity index (χ4n) is 1.27. The average Bonchev–Trinajstić information content (AvgIpc) is 2.27. The summed E-state index contributed by atoms with van der Waals surface area (Å²) in [6, 6.07) is 2.01. The lowest BCUT2D eigenvalue weighted by Crippen LogP contribution is -2.17. The van der Waals surface area contributed by atoms with Gasteiger partial charge >= 0.3 is 12.3 Å². The number of nitro benzene ring substituents is 1. The fourth-order valence-corrected chi connectivity index (χ4v) is 1.27. The molecule has 0 unspecified atom stereocenters. The molecule has 1 amide bonds. The van der Waals surface area contributed by atoms with E-state index >= 15 is 0 Å². The summed E-state index contributed by atoms with van der Waals surface area (Å²) in [5.41, 5.74) is -2.63. The molecule has 0 aromatic heterocycles. The van der Waals surface area contributed by atoms with Crippen molar-refractivity contribution in [2.75, 3.05) is 11.9 Å². The number of ether oxygens (including phenoxy) is 1. The minimum absolute atomic E-state index is 0.0137. The van der Waals surface area contributed by atoms with E-state index in [0.29, 0.717) is 6.07 Å². The first kappa shape index (κ1) is 14.7. The van der Waals surface area contributed by atoms with Gasteiger partial charge in [-0.15, -0.1) is 0 Å². The molecule has 0 heterocycles. The highest BCUT2D eigenvalue weighted by atomic mass is 19.4. The van der Waals surface area contributed by atoms with Gasteiger partial charge in [-0.2, -0.15) is 13.2 Å². The second-order valence-corrected chi connectivity index (χ2v) is 3.33. The number of non-ortho nitro benzene ring substituents is 1. The monoisotopic (exact) mass is 278 g/mol. The maximum absolute atomic E-state index is 12.7. The van der Waals surface area contributed by atoms with E-state index in [1.807, 2.05) is 5.32 Å². The van der Waals surface area contributed by atoms with Crippen LogP contribution in [0.15, 0.2) is 18.2 Å². The Hall–Kier alpha value is -2.32. The summed E-state index contributed by atoms with van der Waals surface area (Å²) in [5.74, 6) is 0. The Balaban J connectivity index is 3.17.